The van der Waals surface area contributed by atoms with Crippen LogP contribution in [-0.4, -0.2) is 49.1 Å². The maximum absolute atomic E-state index is 4.39. The number of rotatable bonds is 7. The molecule has 27 heavy (non-hydrogen) atoms. The summed E-state index contributed by atoms with van der Waals surface area (Å²) in [6.07, 6.45) is 5.31. The molecule has 1 aliphatic rings. The first-order valence-corrected chi connectivity index (χ1v) is 10.8. The summed E-state index contributed by atoms with van der Waals surface area (Å²) >= 11 is 1.85. The average Bonchev–Trinajstić information content (AvgIpc) is 3.23. The van der Waals surface area contributed by atoms with Crippen molar-refractivity contribution in [2.75, 3.05) is 33.2 Å². The molecule has 0 spiro atoms. The first-order valence-electron chi connectivity index (χ1n) is 9.88. The Morgan fingerprint density at radius 2 is 2.11 bits per heavy atom. The summed E-state index contributed by atoms with van der Waals surface area (Å²) in [5.41, 5.74) is 1.10. The number of hydrogen-bond donors (Lipinski definition) is 2. The zero-order chi connectivity index (χ0) is 18.9. The molecule has 0 aromatic carbocycles. The van der Waals surface area contributed by atoms with Crippen LogP contribution in [0.2, 0.25) is 0 Å². The number of nitrogens with one attached hydrogen (secondary N) is 2. The first-order chi connectivity index (χ1) is 13.3. The number of nitrogens with zero attached hydrogens (tertiary/aromatic N) is 3. The Hall–Kier alpha value is -1.92. The van der Waals surface area contributed by atoms with E-state index in [1.165, 1.54) is 30.8 Å². The molecule has 5 nitrogen and oxygen atoms in total. The molecule has 1 aliphatic heterocycles. The van der Waals surface area contributed by atoms with Gasteiger partial charge in [-0.05, 0) is 55.4 Å². The second-order valence-electron chi connectivity index (χ2n) is 7.20. The van der Waals surface area contributed by atoms with E-state index in [9.17, 15) is 0 Å². The number of piperidine rings is 1. The van der Waals surface area contributed by atoms with Crippen LogP contribution < -0.4 is 10.6 Å². The minimum Gasteiger partial charge on any atom is -0.356 e. The molecule has 1 fully saturated rings. The lowest BCUT2D eigenvalue weighted by molar-refractivity contribution is 0.140. The van der Waals surface area contributed by atoms with E-state index in [4.69, 9.17) is 0 Å². The van der Waals surface area contributed by atoms with Crippen LogP contribution >= 0.6 is 11.3 Å². The molecule has 1 saturated heterocycles. The Morgan fingerprint density at radius 3 is 2.78 bits per heavy atom. The Bertz CT molecular complexity index is 678. The van der Waals surface area contributed by atoms with Crippen molar-refractivity contribution in [1.29, 1.82) is 0 Å². The average molecular weight is 386 g/mol. The van der Waals surface area contributed by atoms with E-state index in [0.29, 0.717) is 6.04 Å². The van der Waals surface area contributed by atoms with Crippen LogP contribution in [-0.2, 0) is 6.42 Å². The van der Waals surface area contributed by atoms with Gasteiger partial charge in [-0.3, -0.25) is 14.9 Å². The van der Waals surface area contributed by atoms with Gasteiger partial charge in [0.15, 0.2) is 5.96 Å². The molecule has 1 atom stereocenters. The molecule has 2 aromatic rings. The summed E-state index contributed by atoms with van der Waals surface area (Å²) in [4.78, 5) is 12.8. The predicted octanol–water partition coefficient (Wildman–Crippen LogP) is 3.32. The van der Waals surface area contributed by atoms with Gasteiger partial charge in [-0.15, -0.1) is 11.3 Å². The maximum Gasteiger partial charge on any atom is 0.191 e. The number of pyridine rings is 1. The molecule has 0 saturated carbocycles. The van der Waals surface area contributed by atoms with Crippen molar-refractivity contribution in [2.24, 2.45) is 10.9 Å². The highest BCUT2D eigenvalue weighted by molar-refractivity contribution is 7.10. The first kappa shape index (κ1) is 19.8. The molecule has 3 rings (SSSR count). The second-order valence-corrected chi connectivity index (χ2v) is 8.18. The minimum atomic E-state index is 0.409. The molecule has 0 amide bonds. The van der Waals surface area contributed by atoms with E-state index < -0.39 is 0 Å². The summed E-state index contributed by atoms with van der Waals surface area (Å²) in [5, 5.41) is 9.12. The van der Waals surface area contributed by atoms with E-state index >= 15 is 0 Å². The fourth-order valence-corrected chi connectivity index (χ4v) is 4.36. The molecular weight excluding hydrogens is 354 g/mol. The van der Waals surface area contributed by atoms with Crippen molar-refractivity contribution in [3.05, 3.63) is 52.5 Å². The number of thiophene rings is 1. The number of likely N-dealkylation sites (tertiary alicyclic amines) is 1. The normalized spacial score (nSPS) is 17.6. The zero-order valence-corrected chi connectivity index (χ0v) is 17.2. The topological polar surface area (TPSA) is 52.6 Å². The van der Waals surface area contributed by atoms with Crippen LogP contribution in [0.1, 0.15) is 36.4 Å². The van der Waals surface area contributed by atoms with Gasteiger partial charge in [0.2, 0.25) is 0 Å². The Labute approximate surface area is 166 Å². The summed E-state index contributed by atoms with van der Waals surface area (Å²) in [6.45, 7) is 6.41. The lowest BCUT2D eigenvalue weighted by Gasteiger charge is -2.36. The monoisotopic (exact) mass is 385 g/mol. The lowest BCUT2D eigenvalue weighted by atomic mass is 9.97. The molecule has 3 heterocycles. The Morgan fingerprint density at radius 1 is 1.26 bits per heavy atom. The highest BCUT2D eigenvalue weighted by Crippen LogP contribution is 2.28. The Balaban J connectivity index is 1.52. The van der Waals surface area contributed by atoms with Gasteiger partial charge in [0.25, 0.3) is 0 Å². The van der Waals surface area contributed by atoms with Crippen LogP contribution in [0.5, 0.6) is 0 Å². The van der Waals surface area contributed by atoms with Gasteiger partial charge >= 0.3 is 0 Å². The number of aliphatic imine (C=N–C) groups is 1. The molecular formula is C21H31N5S. The number of aromatic nitrogens is 1. The standard InChI is InChI=1S/C21H31N5S/c1-17-9-13-26(14-10-17)19(20-7-5-15-27-20)16-25-21(22-2)24-12-8-18-6-3-4-11-23-18/h3-7,11,15,17,19H,8-10,12-14,16H2,1-2H3,(H2,22,24,25). The second kappa shape index (κ2) is 10.4. The van der Waals surface area contributed by atoms with Crippen molar-refractivity contribution in [3.8, 4) is 0 Å². The van der Waals surface area contributed by atoms with Gasteiger partial charge in [0, 0.05) is 43.3 Å². The molecule has 0 aliphatic carbocycles. The lowest BCUT2D eigenvalue weighted by Crippen LogP contribution is -2.45. The summed E-state index contributed by atoms with van der Waals surface area (Å²) in [7, 11) is 1.83. The van der Waals surface area contributed by atoms with Crippen LogP contribution in [0.4, 0.5) is 0 Å². The maximum atomic E-state index is 4.39. The highest BCUT2D eigenvalue weighted by atomic mass is 32.1. The third-order valence-corrected chi connectivity index (χ3v) is 6.19. The van der Waals surface area contributed by atoms with Crippen LogP contribution in [0, 0.1) is 5.92 Å². The van der Waals surface area contributed by atoms with Gasteiger partial charge in [-0.25, -0.2) is 0 Å². The Kier molecular flexibility index (Phi) is 7.66. The van der Waals surface area contributed by atoms with Crippen LogP contribution in [0.25, 0.3) is 0 Å². The van der Waals surface area contributed by atoms with E-state index in [2.05, 4.69) is 56.0 Å². The number of hydrogen-bond acceptors (Lipinski definition) is 4. The van der Waals surface area contributed by atoms with Gasteiger partial charge in [-0.2, -0.15) is 0 Å². The van der Waals surface area contributed by atoms with Crippen LogP contribution in [0.3, 0.4) is 0 Å². The third kappa shape index (κ3) is 6.04. The fourth-order valence-electron chi connectivity index (χ4n) is 3.50. The zero-order valence-electron chi connectivity index (χ0n) is 16.4. The van der Waals surface area contributed by atoms with Gasteiger partial charge in [-0.1, -0.05) is 19.1 Å². The predicted molar refractivity (Wildman–Crippen MR) is 114 cm³/mol. The van der Waals surface area contributed by atoms with Gasteiger partial charge in [0.1, 0.15) is 0 Å². The van der Waals surface area contributed by atoms with Crippen molar-refractivity contribution >= 4 is 17.3 Å². The van der Waals surface area contributed by atoms with Gasteiger partial charge < -0.3 is 10.6 Å². The smallest absolute Gasteiger partial charge is 0.191 e. The van der Waals surface area contributed by atoms with E-state index in [0.717, 1.165) is 37.1 Å². The van der Waals surface area contributed by atoms with Crippen molar-refractivity contribution in [3.63, 3.8) is 0 Å². The summed E-state index contributed by atoms with van der Waals surface area (Å²) in [6, 6.07) is 10.9. The fraction of sp³-hybridized carbons (Fsp3) is 0.524. The summed E-state index contributed by atoms with van der Waals surface area (Å²) in [5.74, 6) is 1.71. The largest absolute Gasteiger partial charge is 0.356 e. The minimum absolute atomic E-state index is 0.409. The third-order valence-electron chi connectivity index (χ3n) is 5.22. The molecule has 1 unspecified atom stereocenters. The highest BCUT2D eigenvalue weighted by Gasteiger charge is 2.25. The number of guanidine groups is 1. The van der Waals surface area contributed by atoms with Crippen LogP contribution in [0.15, 0.2) is 46.9 Å². The molecule has 146 valence electrons. The molecule has 2 N–H and O–H groups in total. The molecule has 2 aromatic heterocycles. The summed E-state index contributed by atoms with van der Waals surface area (Å²) < 4.78 is 0. The quantitative estimate of drug-likeness (QED) is 0.567. The van der Waals surface area contributed by atoms with Crippen molar-refractivity contribution < 1.29 is 0 Å². The van der Waals surface area contributed by atoms with Gasteiger partial charge in [0.05, 0.1) is 6.04 Å². The molecule has 6 heteroatoms. The SMILES string of the molecule is CN=C(NCCc1ccccn1)NCC(c1cccs1)N1CCC(C)CC1. The van der Waals surface area contributed by atoms with Crippen molar-refractivity contribution in [2.45, 2.75) is 32.2 Å². The molecule has 0 radical (unpaired) electrons. The van der Waals surface area contributed by atoms with E-state index in [-0.39, 0.29) is 0 Å². The van der Waals surface area contributed by atoms with E-state index in [1.54, 1.807) is 0 Å². The van der Waals surface area contributed by atoms with Crippen molar-refractivity contribution in [1.82, 2.24) is 20.5 Å². The molecule has 0 bridgehead atoms. The van der Waals surface area contributed by atoms with E-state index in [1.807, 2.05) is 36.7 Å².